The molecular formula is C18H24N2O3. The fourth-order valence-electron chi connectivity index (χ4n) is 3.84. The molecule has 0 radical (unpaired) electrons. The summed E-state index contributed by atoms with van der Waals surface area (Å²) in [6, 6.07) is 8.15. The van der Waals surface area contributed by atoms with Gasteiger partial charge in [-0.15, -0.1) is 0 Å². The molecule has 1 aliphatic carbocycles. The normalized spacial score (nSPS) is 27.2. The van der Waals surface area contributed by atoms with E-state index in [2.05, 4.69) is 17.4 Å². The first-order valence-corrected chi connectivity index (χ1v) is 8.40. The van der Waals surface area contributed by atoms with E-state index < -0.39 is 11.9 Å². The molecule has 2 aliphatic rings. The van der Waals surface area contributed by atoms with Crippen LogP contribution in [-0.2, 0) is 11.2 Å². The number of carboxylic acid groups (broad SMARTS) is 1. The van der Waals surface area contributed by atoms with Crippen LogP contribution < -0.4 is 5.32 Å². The van der Waals surface area contributed by atoms with Gasteiger partial charge in [0.1, 0.15) is 0 Å². The van der Waals surface area contributed by atoms with Crippen molar-refractivity contribution in [3.63, 3.8) is 0 Å². The summed E-state index contributed by atoms with van der Waals surface area (Å²) in [4.78, 5) is 25.5. The Labute approximate surface area is 136 Å². The third kappa shape index (κ3) is 3.49. The number of carboxylic acids is 1. The van der Waals surface area contributed by atoms with E-state index >= 15 is 0 Å². The molecule has 1 fully saturated rings. The molecule has 1 heterocycles. The maximum Gasteiger partial charge on any atom is 0.317 e. The third-order valence-electron chi connectivity index (χ3n) is 4.96. The fourth-order valence-corrected chi connectivity index (χ4v) is 3.84. The molecule has 0 saturated carbocycles. The van der Waals surface area contributed by atoms with E-state index in [0.717, 1.165) is 19.3 Å². The number of piperidine rings is 1. The summed E-state index contributed by atoms with van der Waals surface area (Å²) in [6.07, 6.45) is 3.71. The van der Waals surface area contributed by atoms with Gasteiger partial charge in [0.2, 0.25) is 0 Å². The van der Waals surface area contributed by atoms with Crippen molar-refractivity contribution in [2.45, 2.75) is 38.6 Å². The number of amides is 2. The molecular weight excluding hydrogens is 292 g/mol. The van der Waals surface area contributed by atoms with E-state index in [-0.39, 0.29) is 18.0 Å². The predicted octanol–water partition coefficient (Wildman–Crippen LogP) is 2.82. The average molecular weight is 316 g/mol. The van der Waals surface area contributed by atoms with Gasteiger partial charge in [-0.3, -0.25) is 4.79 Å². The molecule has 1 aliphatic heterocycles. The van der Waals surface area contributed by atoms with Gasteiger partial charge in [-0.25, -0.2) is 4.79 Å². The number of likely N-dealkylation sites (tertiary alicyclic amines) is 1. The Kier molecular flexibility index (Phi) is 4.55. The number of nitrogens with zero attached hydrogens (tertiary/aromatic N) is 1. The molecule has 5 nitrogen and oxygen atoms in total. The number of fused-ring (bicyclic) bond motifs is 1. The lowest BCUT2D eigenvalue weighted by Gasteiger charge is -2.36. The number of aliphatic carboxylic acids is 1. The van der Waals surface area contributed by atoms with Crippen LogP contribution in [0.2, 0.25) is 0 Å². The number of rotatable bonds is 2. The molecule has 5 heteroatoms. The Hall–Kier alpha value is -2.04. The van der Waals surface area contributed by atoms with E-state index in [9.17, 15) is 14.7 Å². The van der Waals surface area contributed by atoms with Crippen LogP contribution in [0.25, 0.3) is 0 Å². The van der Waals surface area contributed by atoms with Gasteiger partial charge in [-0.2, -0.15) is 0 Å². The third-order valence-corrected chi connectivity index (χ3v) is 4.96. The van der Waals surface area contributed by atoms with Gasteiger partial charge in [0.05, 0.1) is 12.0 Å². The quantitative estimate of drug-likeness (QED) is 0.881. The predicted molar refractivity (Wildman–Crippen MR) is 87.1 cm³/mol. The van der Waals surface area contributed by atoms with Crippen molar-refractivity contribution < 1.29 is 14.7 Å². The highest BCUT2D eigenvalue weighted by atomic mass is 16.4. The first-order chi connectivity index (χ1) is 11.0. The van der Waals surface area contributed by atoms with Crippen LogP contribution in [0.3, 0.4) is 0 Å². The molecule has 2 amide bonds. The number of benzene rings is 1. The molecule has 124 valence electrons. The standard InChI is InChI=1S/C18H24N2O3/c1-12-9-14(17(21)22)11-20(10-12)18(23)19-16-8-4-6-13-5-2-3-7-15(13)16/h2-3,5,7,12,14,16H,4,6,8-11H2,1H3,(H,19,23)(H,21,22). The number of carbonyl (C=O) groups is 2. The highest BCUT2D eigenvalue weighted by Gasteiger charge is 2.33. The maximum atomic E-state index is 12.6. The first-order valence-electron chi connectivity index (χ1n) is 8.40. The van der Waals surface area contributed by atoms with Gasteiger partial charge in [-0.1, -0.05) is 31.2 Å². The van der Waals surface area contributed by atoms with Crippen molar-refractivity contribution in [1.82, 2.24) is 10.2 Å². The largest absolute Gasteiger partial charge is 0.481 e. The van der Waals surface area contributed by atoms with E-state index in [1.807, 2.05) is 19.1 Å². The minimum atomic E-state index is -0.808. The van der Waals surface area contributed by atoms with Crippen molar-refractivity contribution in [1.29, 1.82) is 0 Å². The van der Waals surface area contributed by atoms with E-state index in [4.69, 9.17) is 0 Å². The molecule has 23 heavy (non-hydrogen) atoms. The summed E-state index contributed by atoms with van der Waals surface area (Å²) in [7, 11) is 0. The van der Waals surface area contributed by atoms with Gasteiger partial charge in [0, 0.05) is 13.1 Å². The molecule has 3 unspecified atom stereocenters. The van der Waals surface area contributed by atoms with Crippen LogP contribution in [0.15, 0.2) is 24.3 Å². The van der Waals surface area contributed by atoms with Crippen LogP contribution >= 0.6 is 0 Å². The Morgan fingerprint density at radius 3 is 2.83 bits per heavy atom. The summed E-state index contributed by atoms with van der Waals surface area (Å²) >= 11 is 0. The Morgan fingerprint density at radius 2 is 2.04 bits per heavy atom. The van der Waals surface area contributed by atoms with Crippen LogP contribution in [0.5, 0.6) is 0 Å². The van der Waals surface area contributed by atoms with Gasteiger partial charge < -0.3 is 15.3 Å². The summed E-state index contributed by atoms with van der Waals surface area (Å²) in [5.74, 6) is -1.05. The molecule has 3 rings (SSSR count). The van der Waals surface area contributed by atoms with Gasteiger partial charge in [0.25, 0.3) is 0 Å². The van der Waals surface area contributed by atoms with Crippen LogP contribution in [0.4, 0.5) is 4.79 Å². The highest BCUT2D eigenvalue weighted by Crippen LogP contribution is 2.30. The van der Waals surface area contributed by atoms with Crippen LogP contribution in [0, 0.1) is 11.8 Å². The number of hydrogen-bond acceptors (Lipinski definition) is 2. The SMILES string of the molecule is CC1CC(C(=O)O)CN(C(=O)NC2CCCc3ccccc32)C1. The van der Waals surface area contributed by atoms with Crippen LogP contribution in [-0.4, -0.2) is 35.1 Å². The molecule has 0 bridgehead atoms. The first kappa shape index (κ1) is 15.8. The lowest BCUT2D eigenvalue weighted by molar-refractivity contribution is -0.143. The molecule has 0 spiro atoms. The van der Waals surface area contributed by atoms with Gasteiger partial charge >= 0.3 is 12.0 Å². The highest BCUT2D eigenvalue weighted by molar-refractivity contribution is 5.77. The summed E-state index contributed by atoms with van der Waals surface area (Å²) in [6.45, 7) is 2.94. The molecule has 3 atom stereocenters. The Balaban J connectivity index is 1.69. The number of aryl methyl sites for hydroxylation is 1. The maximum absolute atomic E-state index is 12.6. The zero-order valence-electron chi connectivity index (χ0n) is 13.5. The van der Waals surface area contributed by atoms with Crippen molar-refractivity contribution in [3.8, 4) is 0 Å². The summed E-state index contributed by atoms with van der Waals surface area (Å²) in [5.41, 5.74) is 2.51. The minimum Gasteiger partial charge on any atom is -0.481 e. The van der Waals surface area contributed by atoms with Crippen molar-refractivity contribution >= 4 is 12.0 Å². The second-order valence-corrected chi connectivity index (χ2v) is 6.87. The lowest BCUT2D eigenvalue weighted by Crippen LogP contribution is -2.50. The number of urea groups is 1. The average Bonchev–Trinajstić information content (AvgIpc) is 2.54. The number of nitrogens with one attached hydrogen (secondary N) is 1. The number of hydrogen-bond donors (Lipinski definition) is 2. The smallest absolute Gasteiger partial charge is 0.317 e. The van der Waals surface area contributed by atoms with Gasteiger partial charge in [0.15, 0.2) is 0 Å². The molecule has 0 aromatic heterocycles. The lowest BCUT2D eigenvalue weighted by atomic mass is 9.87. The van der Waals surface area contributed by atoms with E-state index in [1.165, 1.54) is 11.1 Å². The molecule has 1 aromatic rings. The van der Waals surface area contributed by atoms with Crippen molar-refractivity contribution in [2.75, 3.05) is 13.1 Å². The Morgan fingerprint density at radius 1 is 1.26 bits per heavy atom. The van der Waals surface area contributed by atoms with Crippen LogP contribution in [0.1, 0.15) is 43.4 Å². The van der Waals surface area contributed by atoms with Crippen molar-refractivity contribution in [3.05, 3.63) is 35.4 Å². The topological polar surface area (TPSA) is 69.6 Å². The van der Waals surface area contributed by atoms with Crippen molar-refractivity contribution in [2.24, 2.45) is 11.8 Å². The number of carbonyl (C=O) groups excluding carboxylic acids is 1. The Bertz CT molecular complexity index is 602. The minimum absolute atomic E-state index is 0.0351. The zero-order chi connectivity index (χ0) is 16.4. The molecule has 1 aromatic carbocycles. The molecule has 1 saturated heterocycles. The second kappa shape index (κ2) is 6.60. The monoisotopic (exact) mass is 316 g/mol. The molecule has 2 N–H and O–H groups in total. The zero-order valence-corrected chi connectivity index (χ0v) is 13.5. The van der Waals surface area contributed by atoms with E-state index in [0.29, 0.717) is 19.5 Å². The van der Waals surface area contributed by atoms with E-state index in [1.54, 1.807) is 4.90 Å². The van der Waals surface area contributed by atoms with Gasteiger partial charge in [-0.05, 0) is 42.7 Å². The summed E-state index contributed by atoms with van der Waals surface area (Å²) in [5, 5.41) is 12.4. The second-order valence-electron chi connectivity index (χ2n) is 6.87. The fraction of sp³-hybridized carbons (Fsp3) is 0.556. The summed E-state index contributed by atoms with van der Waals surface area (Å²) < 4.78 is 0.